The molecular formula is C70H90N2O8. The number of aromatic hydroxyl groups is 4. The predicted octanol–water partition coefficient (Wildman–Crippen LogP) is 14.2. The lowest BCUT2D eigenvalue weighted by atomic mass is 9.72. The standard InChI is InChI=1S/C70H90N2O8/c1-65(2,3)53-35-49-31-45(59(53)73)39-71(57(63(77)79-17)29-43-25-21-19-22-26-43)40-47-33-51(37-55(61(47)75)67(7,8)9)70(15,16)52-34-48(62(76)56(38-52)68(10,11)12)42-72(58(64(78)80-18)30-44-27-23-20-24-28-44)41-46-32-50(69(49,13)14)36-54(60(46)74)66(4,5)6/h19-28,31-38,57-58,73-76H,29-30,39-42H2,1-18H3/t57-,58-/m1/s1. The zero-order chi connectivity index (χ0) is 59.2. The predicted molar refractivity (Wildman–Crippen MR) is 322 cm³/mol. The van der Waals surface area contributed by atoms with Crippen LogP contribution in [0.25, 0.3) is 0 Å². The molecule has 0 unspecified atom stereocenters. The number of ether oxygens (including phenoxy) is 2. The van der Waals surface area contributed by atoms with Gasteiger partial charge in [0.1, 0.15) is 35.1 Å². The summed E-state index contributed by atoms with van der Waals surface area (Å²) in [5.74, 6) is -0.442. The van der Waals surface area contributed by atoms with E-state index in [-0.39, 0.29) is 49.2 Å². The van der Waals surface area contributed by atoms with Gasteiger partial charge in [-0.25, -0.2) is 0 Å². The molecule has 10 nitrogen and oxygen atoms in total. The molecule has 1 aliphatic rings. The number of rotatable bonds is 8. The molecule has 4 N–H and O–H groups in total. The van der Waals surface area contributed by atoms with Crippen LogP contribution in [0.5, 0.6) is 23.0 Å². The zero-order valence-corrected chi connectivity index (χ0v) is 51.1. The maximum atomic E-state index is 14.5. The van der Waals surface area contributed by atoms with Crippen molar-refractivity contribution in [3.8, 4) is 23.0 Å². The molecule has 6 aromatic rings. The fourth-order valence-corrected chi connectivity index (χ4v) is 11.4. The van der Waals surface area contributed by atoms with Crippen molar-refractivity contribution in [1.82, 2.24) is 9.80 Å². The van der Waals surface area contributed by atoms with E-state index in [1.54, 1.807) is 0 Å². The van der Waals surface area contributed by atoms with E-state index >= 15 is 0 Å². The first-order chi connectivity index (χ1) is 37.1. The van der Waals surface area contributed by atoms with E-state index in [2.05, 4.69) is 135 Å². The summed E-state index contributed by atoms with van der Waals surface area (Å²) in [5.41, 5.74) is 6.96. The van der Waals surface area contributed by atoms with Crippen molar-refractivity contribution in [3.05, 3.63) is 187 Å². The third-order valence-electron chi connectivity index (χ3n) is 16.7. The summed E-state index contributed by atoms with van der Waals surface area (Å²) in [6.45, 7) is 33.9. The SMILES string of the molecule is COC(=O)[C@@H](Cc1ccccc1)N1Cc2cc(cc(C(C)(C)C)c2O)C(C)(C)c2cc(c(O)c(C(C)(C)C)c2)CN([C@H](Cc2ccccc2)C(=O)OC)Cc2cc(cc(C(C)(C)C)c2O)C(C)(C)c2cc(c(O)c(C(C)(C)C)c2)C1. The molecule has 10 heteroatoms. The summed E-state index contributed by atoms with van der Waals surface area (Å²) in [7, 11) is 2.80. The molecule has 7 rings (SSSR count). The molecule has 80 heavy (non-hydrogen) atoms. The molecule has 0 amide bonds. The van der Waals surface area contributed by atoms with Crippen LogP contribution in [0, 0.1) is 0 Å². The van der Waals surface area contributed by atoms with Gasteiger partial charge in [0, 0.05) is 59.3 Å². The highest BCUT2D eigenvalue weighted by atomic mass is 16.5. The molecule has 0 aliphatic carbocycles. The second-order valence-corrected chi connectivity index (χ2v) is 27.6. The van der Waals surface area contributed by atoms with Gasteiger partial charge in [-0.3, -0.25) is 19.4 Å². The number of nitrogens with zero attached hydrogens (tertiary/aromatic N) is 2. The molecule has 0 saturated carbocycles. The summed E-state index contributed by atoms with van der Waals surface area (Å²) >= 11 is 0. The molecule has 8 bridgehead atoms. The minimum atomic E-state index is -0.856. The molecule has 0 fully saturated rings. The Morgan fingerprint density at radius 2 is 0.650 bits per heavy atom. The lowest BCUT2D eigenvalue weighted by Gasteiger charge is -2.37. The number of benzene rings is 6. The third-order valence-corrected chi connectivity index (χ3v) is 16.7. The average Bonchev–Trinajstić information content (AvgIpc) is 3.38. The minimum Gasteiger partial charge on any atom is -0.507 e. The van der Waals surface area contributed by atoms with Crippen molar-refractivity contribution in [2.45, 2.75) is 194 Å². The zero-order valence-electron chi connectivity index (χ0n) is 51.1. The van der Waals surface area contributed by atoms with Crippen molar-refractivity contribution < 1.29 is 39.5 Å². The van der Waals surface area contributed by atoms with Crippen LogP contribution in [0.2, 0.25) is 0 Å². The lowest BCUT2D eigenvalue weighted by molar-refractivity contribution is -0.148. The average molecular weight is 1090 g/mol. The normalized spacial score (nSPS) is 16.3. The number of carbonyl (C=O) groups is 2. The van der Waals surface area contributed by atoms with E-state index < -0.39 is 56.5 Å². The van der Waals surface area contributed by atoms with Gasteiger partial charge < -0.3 is 29.9 Å². The van der Waals surface area contributed by atoms with Crippen LogP contribution < -0.4 is 0 Å². The fraction of sp³-hybridized carbons (Fsp3) is 0.457. The molecule has 0 spiro atoms. The van der Waals surface area contributed by atoms with Gasteiger partial charge in [0.25, 0.3) is 0 Å². The van der Waals surface area contributed by atoms with E-state index in [0.717, 1.165) is 55.6 Å². The highest BCUT2D eigenvalue weighted by Gasteiger charge is 2.39. The molecule has 1 heterocycles. The quantitative estimate of drug-likeness (QED) is 0.109. The molecular weight excluding hydrogens is 997 g/mol. The molecule has 2 atom stereocenters. The number of fused-ring (bicyclic) bond motifs is 8. The number of carbonyl (C=O) groups excluding carboxylic acids is 2. The van der Waals surface area contributed by atoms with Gasteiger partial charge in [-0.1, -0.05) is 196 Å². The van der Waals surface area contributed by atoms with E-state index in [1.807, 2.05) is 94.7 Å². The van der Waals surface area contributed by atoms with Crippen molar-refractivity contribution in [3.63, 3.8) is 0 Å². The van der Waals surface area contributed by atoms with Crippen molar-refractivity contribution in [1.29, 1.82) is 0 Å². The van der Waals surface area contributed by atoms with Gasteiger partial charge in [0.2, 0.25) is 0 Å². The smallest absolute Gasteiger partial charge is 0.323 e. The largest absolute Gasteiger partial charge is 0.507 e. The van der Waals surface area contributed by atoms with Gasteiger partial charge in [-0.15, -0.1) is 0 Å². The fourth-order valence-electron chi connectivity index (χ4n) is 11.4. The van der Waals surface area contributed by atoms with Crippen LogP contribution in [0.4, 0.5) is 0 Å². The van der Waals surface area contributed by atoms with Crippen molar-refractivity contribution in [2.24, 2.45) is 0 Å². The Bertz CT molecular complexity index is 2850. The van der Waals surface area contributed by atoms with E-state index in [4.69, 9.17) is 9.47 Å². The topological polar surface area (TPSA) is 140 Å². The summed E-state index contributed by atoms with van der Waals surface area (Å²) in [6.07, 6.45) is 0.585. The minimum absolute atomic E-state index is 0.0962. The van der Waals surface area contributed by atoms with Crippen molar-refractivity contribution >= 4 is 11.9 Å². The molecule has 0 radical (unpaired) electrons. The number of hydrogen-bond donors (Lipinski definition) is 4. The summed E-state index contributed by atoms with van der Waals surface area (Å²) < 4.78 is 11.3. The third kappa shape index (κ3) is 12.9. The Kier molecular flexibility index (Phi) is 17.3. The van der Waals surface area contributed by atoms with Crippen LogP contribution in [0.1, 0.15) is 189 Å². The van der Waals surface area contributed by atoms with Gasteiger partial charge in [-0.05, 0) is 114 Å². The molecule has 0 aromatic heterocycles. The van der Waals surface area contributed by atoms with Gasteiger partial charge in [-0.2, -0.15) is 0 Å². The number of esters is 2. The lowest BCUT2D eigenvalue weighted by Crippen LogP contribution is -2.43. The van der Waals surface area contributed by atoms with E-state index in [0.29, 0.717) is 35.1 Å². The van der Waals surface area contributed by atoms with Crippen LogP contribution in [0.3, 0.4) is 0 Å². The summed E-state index contributed by atoms with van der Waals surface area (Å²) in [5, 5.41) is 50.9. The van der Waals surface area contributed by atoms with Crippen LogP contribution >= 0.6 is 0 Å². The Morgan fingerprint density at radius 1 is 0.425 bits per heavy atom. The second-order valence-electron chi connectivity index (χ2n) is 27.6. The number of phenols is 4. The molecule has 0 saturated heterocycles. The number of hydrogen-bond acceptors (Lipinski definition) is 10. The first-order valence-electron chi connectivity index (χ1n) is 28.3. The Balaban J connectivity index is 1.64. The maximum Gasteiger partial charge on any atom is 0.323 e. The highest BCUT2D eigenvalue weighted by Crippen LogP contribution is 2.48. The van der Waals surface area contributed by atoms with Gasteiger partial charge >= 0.3 is 11.9 Å². The second kappa shape index (κ2) is 22.7. The molecule has 1 aliphatic heterocycles. The van der Waals surface area contributed by atoms with Gasteiger partial charge in [0.05, 0.1) is 14.2 Å². The van der Waals surface area contributed by atoms with Crippen LogP contribution in [0.15, 0.2) is 109 Å². The number of phenolic OH excluding ortho intramolecular Hbond substituents is 4. The van der Waals surface area contributed by atoms with Crippen LogP contribution in [-0.4, -0.2) is 68.5 Å². The molecule has 6 aromatic carbocycles. The summed E-state index contributed by atoms with van der Waals surface area (Å²) in [6, 6.07) is 34.4. The summed E-state index contributed by atoms with van der Waals surface area (Å²) in [4.78, 5) is 33.1. The van der Waals surface area contributed by atoms with Crippen molar-refractivity contribution in [2.75, 3.05) is 14.2 Å². The van der Waals surface area contributed by atoms with Gasteiger partial charge in [0.15, 0.2) is 0 Å². The first-order valence-corrected chi connectivity index (χ1v) is 28.3. The first kappa shape index (κ1) is 61.0. The van der Waals surface area contributed by atoms with E-state index in [9.17, 15) is 30.0 Å². The van der Waals surface area contributed by atoms with E-state index in [1.165, 1.54) is 14.2 Å². The Hall–Kier alpha value is -6.62. The Labute approximate surface area is 477 Å². The number of methoxy groups -OCH3 is 2. The maximum absolute atomic E-state index is 14.5. The highest BCUT2D eigenvalue weighted by molar-refractivity contribution is 5.77. The molecule has 428 valence electrons. The van der Waals surface area contributed by atoms with Crippen LogP contribution in [-0.2, 0) is 90.6 Å². The monoisotopic (exact) mass is 1090 g/mol. The Morgan fingerprint density at radius 3 is 0.850 bits per heavy atom.